The van der Waals surface area contributed by atoms with E-state index < -0.39 is 6.04 Å². The van der Waals surface area contributed by atoms with Crippen LogP contribution in [0.4, 0.5) is 0 Å². The van der Waals surface area contributed by atoms with E-state index in [2.05, 4.69) is 79.6 Å². The third-order valence-electron chi connectivity index (χ3n) is 11.8. The minimum atomic E-state index is -0.580. The maximum Gasteiger partial charge on any atom is 0.255 e. The van der Waals surface area contributed by atoms with Gasteiger partial charge in [0.2, 0.25) is 5.91 Å². The molecule has 3 atom stereocenters. The lowest BCUT2D eigenvalue weighted by Crippen LogP contribution is -2.58. The van der Waals surface area contributed by atoms with E-state index in [9.17, 15) is 9.59 Å². The minimum absolute atomic E-state index is 0.000737. The Labute approximate surface area is 266 Å². The predicted octanol–water partition coefficient (Wildman–Crippen LogP) is 8.52. The molecule has 45 heavy (non-hydrogen) atoms. The van der Waals surface area contributed by atoms with Gasteiger partial charge < -0.3 is 15.2 Å². The second-order valence-corrected chi connectivity index (χ2v) is 15.2. The molecule has 5 heteroatoms. The summed E-state index contributed by atoms with van der Waals surface area (Å²) >= 11 is 0. The number of carbonyl (C=O) groups is 2. The van der Waals surface area contributed by atoms with Crippen molar-refractivity contribution in [3.05, 3.63) is 95.6 Å². The molecule has 4 fully saturated rings. The molecule has 2 amide bonds. The number of hydrogen-bond donors (Lipinski definition) is 2. The fourth-order valence-electron chi connectivity index (χ4n) is 10.2. The summed E-state index contributed by atoms with van der Waals surface area (Å²) in [6, 6.07) is 25.8. The van der Waals surface area contributed by atoms with Gasteiger partial charge in [-0.25, -0.2) is 0 Å². The number of fused-ring (bicyclic) bond motifs is 2. The molecular formula is C40H45N3O2. The summed E-state index contributed by atoms with van der Waals surface area (Å²) in [7, 11) is 0. The van der Waals surface area contributed by atoms with Crippen molar-refractivity contribution >= 4 is 22.7 Å². The van der Waals surface area contributed by atoms with Gasteiger partial charge in [-0.3, -0.25) is 9.59 Å². The standard InChI is InChI=1S/C40H45N3O2/c1-24(2)17-34(38(44)41-25(3)40-21-26-18-27(22-40)20-28(19-26)23-40)43-37(30-13-7-8-14-31(30)39(43)45)35-32-15-9-10-16-33(32)42-36(35)29-11-5-4-6-12-29/h4-16,24-28,34,37,42H,17-23H2,1-3H3,(H,41,44). The van der Waals surface area contributed by atoms with Gasteiger partial charge in [0.1, 0.15) is 6.04 Å². The van der Waals surface area contributed by atoms with Gasteiger partial charge in [0.05, 0.1) is 11.7 Å². The Morgan fingerprint density at radius 3 is 2.18 bits per heavy atom. The molecule has 0 spiro atoms. The third-order valence-corrected chi connectivity index (χ3v) is 11.8. The Morgan fingerprint density at radius 2 is 1.49 bits per heavy atom. The van der Waals surface area contributed by atoms with Crippen molar-refractivity contribution in [1.29, 1.82) is 0 Å². The number of benzene rings is 3. The highest BCUT2D eigenvalue weighted by molar-refractivity contribution is 6.04. The highest BCUT2D eigenvalue weighted by atomic mass is 16.2. The summed E-state index contributed by atoms with van der Waals surface area (Å²) in [5, 5.41) is 4.66. The largest absolute Gasteiger partial charge is 0.354 e. The smallest absolute Gasteiger partial charge is 0.255 e. The first kappa shape index (κ1) is 28.6. The molecule has 4 saturated carbocycles. The molecule has 1 aliphatic heterocycles. The zero-order chi connectivity index (χ0) is 30.9. The number of carbonyl (C=O) groups excluding carboxylic acids is 2. The van der Waals surface area contributed by atoms with E-state index in [1.165, 1.54) is 38.5 Å². The molecule has 2 heterocycles. The summed E-state index contributed by atoms with van der Waals surface area (Å²) in [4.78, 5) is 34.9. The summed E-state index contributed by atoms with van der Waals surface area (Å²) in [6.07, 6.45) is 8.47. The number of hydrogen-bond acceptors (Lipinski definition) is 2. The van der Waals surface area contributed by atoms with Crippen LogP contribution in [-0.4, -0.2) is 33.8 Å². The molecule has 4 bridgehead atoms. The van der Waals surface area contributed by atoms with Gasteiger partial charge >= 0.3 is 0 Å². The summed E-state index contributed by atoms with van der Waals surface area (Å²) in [5.41, 5.74) is 6.03. The number of rotatable bonds is 8. The highest BCUT2D eigenvalue weighted by Crippen LogP contribution is 2.61. The molecule has 3 unspecified atom stereocenters. The van der Waals surface area contributed by atoms with Crippen LogP contribution < -0.4 is 5.32 Å². The normalized spacial score (nSPS) is 28.1. The van der Waals surface area contributed by atoms with E-state index in [0.29, 0.717) is 12.0 Å². The van der Waals surface area contributed by atoms with E-state index in [-0.39, 0.29) is 35.2 Å². The average molecular weight is 600 g/mol. The molecule has 4 aliphatic carbocycles. The Morgan fingerprint density at radius 1 is 0.867 bits per heavy atom. The van der Waals surface area contributed by atoms with Gasteiger partial charge in [0, 0.05) is 28.1 Å². The Balaban J connectivity index is 1.22. The molecule has 0 radical (unpaired) electrons. The van der Waals surface area contributed by atoms with E-state index >= 15 is 0 Å². The van der Waals surface area contributed by atoms with Crippen LogP contribution in [0.1, 0.15) is 93.2 Å². The quantitative estimate of drug-likeness (QED) is 0.213. The first-order valence-corrected chi connectivity index (χ1v) is 17.2. The van der Waals surface area contributed by atoms with Gasteiger partial charge in [0.25, 0.3) is 5.91 Å². The van der Waals surface area contributed by atoms with Gasteiger partial charge in [0.15, 0.2) is 0 Å². The lowest BCUT2D eigenvalue weighted by molar-refractivity contribution is -0.131. The molecule has 0 saturated heterocycles. The maximum atomic E-state index is 14.7. The first-order chi connectivity index (χ1) is 21.8. The Hall–Kier alpha value is -3.86. The number of nitrogens with one attached hydrogen (secondary N) is 2. The number of amides is 2. The molecule has 232 valence electrons. The Bertz CT molecular complexity index is 1720. The summed E-state index contributed by atoms with van der Waals surface area (Å²) < 4.78 is 0. The van der Waals surface area contributed by atoms with Crippen molar-refractivity contribution in [2.24, 2.45) is 29.1 Å². The molecular weight excluding hydrogens is 554 g/mol. The molecule has 4 aromatic rings. The predicted molar refractivity (Wildman–Crippen MR) is 180 cm³/mol. The van der Waals surface area contributed by atoms with Gasteiger partial charge in [-0.1, -0.05) is 80.6 Å². The molecule has 2 N–H and O–H groups in total. The van der Waals surface area contributed by atoms with Crippen molar-refractivity contribution in [2.45, 2.75) is 83.8 Å². The van der Waals surface area contributed by atoms with Crippen LogP contribution in [0.3, 0.4) is 0 Å². The van der Waals surface area contributed by atoms with Gasteiger partial charge in [-0.15, -0.1) is 0 Å². The van der Waals surface area contributed by atoms with Crippen molar-refractivity contribution in [3.8, 4) is 11.3 Å². The van der Waals surface area contributed by atoms with Crippen molar-refractivity contribution in [2.75, 3.05) is 0 Å². The number of H-pyrrole nitrogens is 1. The second-order valence-electron chi connectivity index (χ2n) is 15.2. The second kappa shape index (κ2) is 10.9. The molecule has 3 aromatic carbocycles. The van der Waals surface area contributed by atoms with Crippen molar-refractivity contribution in [3.63, 3.8) is 0 Å². The lowest BCUT2D eigenvalue weighted by Gasteiger charge is -2.59. The van der Waals surface area contributed by atoms with E-state index in [0.717, 1.165) is 51.0 Å². The van der Waals surface area contributed by atoms with Gasteiger partial charge in [-0.05, 0) is 104 Å². The highest BCUT2D eigenvalue weighted by Gasteiger charge is 2.54. The van der Waals surface area contributed by atoms with Crippen LogP contribution in [0, 0.1) is 29.1 Å². The number of aromatic nitrogens is 1. The lowest BCUT2D eigenvalue weighted by atomic mass is 9.48. The van der Waals surface area contributed by atoms with Crippen molar-refractivity contribution in [1.82, 2.24) is 15.2 Å². The van der Waals surface area contributed by atoms with E-state index in [4.69, 9.17) is 0 Å². The minimum Gasteiger partial charge on any atom is -0.354 e. The van der Waals surface area contributed by atoms with Crippen molar-refractivity contribution < 1.29 is 9.59 Å². The zero-order valence-corrected chi connectivity index (χ0v) is 26.8. The molecule has 9 rings (SSSR count). The van der Waals surface area contributed by atoms with Gasteiger partial charge in [-0.2, -0.15) is 0 Å². The maximum absolute atomic E-state index is 14.7. The Kier molecular flexibility index (Phi) is 6.92. The monoisotopic (exact) mass is 599 g/mol. The summed E-state index contributed by atoms with van der Waals surface area (Å²) in [6.45, 7) is 6.57. The van der Waals surface area contributed by atoms with Crippen LogP contribution in [0.15, 0.2) is 78.9 Å². The van der Waals surface area contributed by atoms with Crippen LogP contribution >= 0.6 is 0 Å². The zero-order valence-electron chi connectivity index (χ0n) is 26.8. The van der Waals surface area contributed by atoms with Crippen LogP contribution in [-0.2, 0) is 4.79 Å². The van der Waals surface area contributed by atoms with Crippen LogP contribution in [0.5, 0.6) is 0 Å². The molecule has 1 aromatic heterocycles. The third kappa shape index (κ3) is 4.73. The number of para-hydroxylation sites is 1. The molecule has 5 nitrogen and oxygen atoms in total. The fourth-order valence-corrected chi connectivity index (χ4v) is 10.2. The number of aromatic amines is 1. The van der Waals surface area contributed by atoms with E-state index in [1.54, 1.807) is 0 Å². The van der Waals surface area contributed by atoms with E-state index in [1.807, 2.05) is 35.2 Å². The first-order valence-electron chi connectivity index (χ1n) is 17.2. The fraction of sp³-hybridized carbons (Fsp3) is 0.450. The molecule has 5 aliphatic rings. The topological polar surface area (TPSA) is 65.2 Å². The van der Waals surface area contributed by atoms with Crippen LogP contribution in [0.2, 0.25) is 0 Å². The summed E-state index contributed by atoms with van der Waals surface area (Å²) in [5.74, 6) is 2.64. The van der Waals surface area contributed by atoms with Crippen LogP contribution in [0.25, 0.3) is 22.2 Å². The number of nitrogens with zero attached hydrogens (tertiary/aromatic N) is 1. The SMILES string of the molecule is CC(C)CC(C(=O)NC(C)C12CC3CC(CC(C3)C1)C2)N1C(=O)c2ccccc2C1c1c(-c2ccccc2)[nH]c2ccccc12. The average Bonchev–Trinajstić information content (AvgIpc) is 3.54.